The summed E-state index contributed by atoms with van der Waals surface area (Å²) < 4.78 is 46.3. The predicted octanol–water partition coefficient (Wildman–Crippen LogP) is 0.110. The average molecular weight is 329 g/mol. The van der Waals surface area contributed by atoms with Crippen molar-refractivity contribution in [1.29, 1.82) is 0 Å². The molecule has 1 fully saturated rings. The molecule has 3 rings (SSSR count). The van der Waals surface area contributed by atoms with Gasteiger partial charge in [0.05, 0.1) is 10.4 Å². The minimum Gasteiger partial charge on any atom is -0.408 e. The molecule has 1 aromatic carbocycles. The van der Waals surface area contributed by atoms with Crippen molar-refractivity contribution in [1.82, 2.24) is 14.6 Å². The molecule has 2 N–H and O–H groups in total. The zero-order valence-electron chi connectivity index (χ0n) is 11.9. The number of sulfonamides is 1. The highest BCUT2D eigenvalue weighted by molar-refractivity contribution is 7.89. The molecule has 22 heavy (non-hydrogen) atoms. The number of hydrogen-bond acceptors (Lipinski definition) is 5. The van der Waals surface area contributed by atoms with E-state index in [0.717, 1.165) is 0 Å². The van der Waals surface area contributed by atoms with Gasteiger partial charge in [-0.3, -0.25) is 4.57 Å². The molecule has 7 nitrogen and oxygen atoms in total. The Balaban J connectivity index is 1.82. The topological polar surface area (TPSA) is 93.3 Å². The van der Waals surface area contributed by atoms with Gasteiger partial charge in [-0.05, 0) is 24.6 Å². The molecule has 1 aliphatic rings. The number of nitrogens with zero attached hydrogens (tertiary/aromatic N) is 1. The Kier molecular flexibility index (Phi) is 3.79. The molecule has 1 aliphatic heterocycles. The predicted molar refractivity (Wildman–Crippen MR) is 77.9 cm³/mol. The zero-order valence-corrected chi connectivity index (χ0v) is 12.7. The average Bonchev–Trinajstić information content (AvgIpc) is 3.01. The second kappa shape index (κ2) is 5.49. The lowest BCUT2D eigenvalue weighted by Crippen LogP contribution is -2.37. The SMILES string of the molecule is Cn1c(=O)oc2ccc(S(=O)(=O)NCC3CC(F)CN3)cc21. The maximum absolute atomic E-state index is 13.1. The first kappa shape index (κ1) is 15.2. The van der Waals surface area contributed by atoms with Crippen molar-refractivity contribution >= 4 is 21.1 Å². The highest BCUT2D eigenvalue weighted by Crippen LogP contribution is 2.18. The van der Waals surface area contributed by atoms with Crippen LogP contribution in [-0.4, -0.2) is 38.3 Å². The molecule has 0 spiro atoms. The molecule has 2 unspecified atom stereocenters. The Bertz CT molecular complexity index is 858. The molecule has 2 atom stereocenters. The third-order valence-corrected chi connectivity index (χ3v) is 5.18. The van der Waals surface area contributed by atoms with E-state index in [2.05, 4.69) is 10.0 Å². The van der Waals surface area contributed by atoms with Gasteiger partial charge in [0.15, 0.2) is 5.58 Å². The molecule has 1 saturated heterocycles. The van der Waals surface area contributed by atoms with E-state index in [1.54, 1.807) is 0 Å². The number of alkyl halides is 1. The van der Waals surface area contributed by atoms with E-state index in [0.29, 0.717) is 11.1 Å². The summed E-state index contributed by atoms with van der Waals surface area (Å²) in [6.07, 6.45) is -0.649. The van der Waals surface area contributed by atoms with Gasteiger partial charge in [0.25, 0.3) is 0 Å². The van der Waals surface area contributed by atoms with Crippen molar-refractivity contribution in [3.05, 3.63) is 28.7 Å². The molecule has 9 heteroatoms. The van der Waals surface area contributed by atoms with Gasteiger partial charge in [0, 0.05) is 26.2 Å². The smallest absolute Gasteiger partial charge is 0.408 e. The molecule has 2 heterocycles. The van der Waals surface area contributed by atoms with E-state index in [-0.39, 0.29) is 30.4 Å². The molecule has 0 aliphatic carbocycles. The van der Waals surface area contributed by atoms with Crippen LogP contribution in [0.4, 0.5) is 4.39 Å². The van der Waals surface area contributed by atoms with Gasteiger partial charge in [0.1, 0.15) is 6.17 Å². The fraction of sp³-hybridized carbons (Fsp3) is 0.462. The summed E-state index contributed by atoms with van der Waals surface area (Å²) in [7, 11) is -2.23. The van der Waals surface area contributed by atoms with Crippen molar-refractivity contribution in [2.24, 2.45) is 7.05 Å². The number of halogens is 1. The van der Waals surface area contributed by atoms with E-state index >= 15 is 0 Å². The van der Waals surface area contributed by atoms with Crippen molar-refractivity contribution in [2.45, 2.75) is 23.5 Å². The van der Waals surface area contributed by atoms with Crippen LogP contribution in [0.1, 0.15) is 6.42 Å². The summed E-state index contributed by atoms with van der Waals surface area (Å²) in [5, 5.41) is 2.91. The Labute approximate surface area is 126 Å². The molecule has 120 valence electrons. The molecule has 0 bridgehead atoms. The molecular formula is C13H16FN3O4S. The van der Waals surface area contributed by atoms with Crippen LogP contribution in [0.3, 0.4) is 0 Å². The Morgan fingerprint density at radius 3 is 2.95 bits per heavy atom. The maximum Gasteiger partial charge on any atom is 0.419 e. The molecular weight excluding hydrogens is 313 g/mol. The lowest BCUT2D eigenvalue weighted by atomic mass is 10.2. The Morgan fingerprint density at radius 2 is 2.27 bits per heavy atom. The van der Waals surface area contributed by atoms with E-state index in [9.17, 15) is 17.6 Å². The van der Waals surface area contributed by atoms with E-state index in [1.807, 2.05) is 0 Å². The minimum atomic E-state index is -3.73. The van der Waals surface area contributed by atoms with Gasteiger partial charge in [-0.15, -0.1) is 0 Å². The van der Waals surface area contributed by atoms with Crippen LogP contribution < -0.4 is 15.8 Å². The molecule has 0 saturated carbocycles. The maximum atomic E-state index is 13.1. The van der Waals surface area contributed by atoms with Gasteiger partial charge >= 0.3 is 5.76 Å². The highest BCUT2D eigenvalue weighted by Gasteiger charge is 2.25. The van der Waals surface area contributed by atoms with E-state index in [1.165, 1.54) is 29.8 Å². The normalized spacial score (nSPS) is 22.5. The number of hydrogen-bond donors (Lipinski definition) is 2. The lowest BCUT2D eigenvalue weighted by molar-refractivity contribution is 0.355. The van der Waals surface area contributed by atoms with Crippen LogP contribution in [0.15, 0.2) is 32.3 Å². The molecule has 2 aromatic rings. The van der Waals surface area contributed by atoms with E-state index < -0.39 is 22.0 Å². The molecule has 1 aromatic heterocycles. The second-order valence-electron chi connectivity index (χ2n) is 5.35. The number of fused-ring (bicyclic) bond motifs is 1. The van der Waals surface area contributed by atoms with Crippen LogP contribution in [0.25, 0.3) is 11.1 Å². The molecule has 0 amide bonds. The third kappa shape index (κ3) is 2.79. The zero-order chi connectivity index (χ0) is 15.9. The first-order chi connectivity index (χ1) is 10.4. The van der Waals surface area contributed by atoms with Gasteiger partial charge in [-0.1, -0.05) is 0 Å². The number of aryl methyl sites for hydroxylation is 1. The van der Waals surface area contributed by atoms with Crippen LogP contribution in [0, 0.1) is 0 Å². The number of oxazole rings is 1. The number of rotatable bonds is 4. The Hall–Kier alpha value is -1.71. The first-order valence-corrected chi connectivity index (χ1v) is 8.32. The largest absolute Gasteiger partial charge is 0.419 e. The van der Waals surface area contributed by atoms with Crippen LogP contribution in [0.2, 0.25) is 0 Å². The fourth-order valence-electron chi connectivity index (χ4n) is 2.49. The number of benzene rings is 1. The minimum absolute atomic E-state index is 0.0335. The van der Waals surface area contributed by atoms with Crippen molar-refractivity contribution < 1.29 is 17.2 Å². The number of nitrogens with one attached hydrogen (secondary N) is 2. The van der Waals surface area contributed by atoms with Crippen LogP contribution in [0.5, 0.6) is 0 Å². The van der Waals surface area contributed by atoms with Gasteiger partial charge in [-0.2, -0.15) is 0 Å². The first-order valence-electron chi connectivity index (χ1n) is 6.83. The van der Waals surface area contributed by atoms with Gasteiger partial charge in [0.2, 0.25) is 10.0 Å². The highest BCUT2D eigenvalue weighted by atomic mass is 32.2. The van der Waals surface area contributed by atoms with Crippen LogP contribution >= 0.6 is 0 Å². The summed E-state index contributed by atoms with van der Waals surface area (Å²) in [5.74, 6) is -0.554. The quantitative estimate of drug-likeness (QED) is 0.830. The summed E-state index contributed by atoms with van der Waals surface area (Å²) in [6.45, 7) is 0.362. The summed E-state index contributed by atoms with van der Waals surface area (Å²) >= 11 is 0. The summed E-state index contributed by atoms with van der Waals surface area (Å²) in [6, 6.07) is 3.97. The monoisotopic (exact) mass is 329 g/mol. The summed E-state index contributed by atoms with van der Waals surface area (Å²) in [5.41, 5.74) is 0.722. The van der Waals surface area contributed by atoms with E-state index in [4.69, 9.17) is 4.42 Å². The van der Waals surface area contributed by atoms with Gasteiger partial charge in [-0.25, -0.2) is 22.3 Å². The fourth-order valence-corrected chi connectivity index (χ4v) is 3.59. The number of aromatic nitrogens is 1. The van der Waals surface area contributed by atoms with Crippen molar-refractivity contribution in [2.75, 3.05) is 13.1 Å². The second-order valence-corrected chi connectivity index (χ2v) is 7.11. The van der Waals surface area contributed by atoms with Gasteiger partial charge < -0.3 is 9.73 Å². The Morgan fingerprint density at radius 1 is 1.50 bits per heavy atom. The van der Waals surface area contributed by atoms with Crippen molar-refractivity contribution in [3.63, 3.8) is 0 Å². The van der Waals surface area contributed by atoms with Crippen molar-refractivity contribution in [3.8, 4) is 0 Å². The molecule has 0 radical (unpaired) electrons. The van der Waals surface area contributed by atoms with Crippen LogP contribution in [-0.2, 0) is 17.1 Å². The standard InChI is InChI=1S/C13H16FN3O4S/c1-17-11-5-10(2-3-12(11)21-13(17)18)22(19,20)16-7-9-4-8(14)6-15-9/h2-3,5,8-9,15-16H,4,6-7H2,1H3. The summed E-state index contributed by atoms with van der Waals surface area (Å²) in [4.78, 5) is 11.5. The third-order valence-electron chi connectivity index (χ3n) is 3.76. The lowest BCUT2D eigenvalue weighted by Gasteiger charge is -2.12.